The van der Waals surface area contributed by atoms with E-state index in [4.69, 9.17) is 0 Å². The quantitative estimate of drug-likeness (QED) is 0.464. The first-order valence-electron chi connectivity index (χ1n) is 3.66. The van der Waals surface area contributed by atoms with Crippen LogP contribution in [0.4, 0.5) is 0 Å². The lowest BCUT2D eigenvalue weighted by Crippen LogP contribution is -2.49. The number of hydrogen-bond acceptors (Lipinski definition) is 2. The number of rotatable bonds is 2. The molecule has 0 aromatic carbocycles. The fraction of sp³-hybridized carbons (Fsp3) is 0.857. The van der Waals surface area contributed by atoms with Gasteiger partial charge in [-0.25, -0.2) is 0 Å². The minimum atomic E-state index is -0.926. The lowest BCUT2D eigenvalue weighted by molar-refractivity contribution is -0.892. The molecule has 3 nitrogen and oxygen atoms in total. The number of nitrogens with zero attached hydrogens (tertiary/aromatic N) is 1. The van der Waals surface area contributed by atoms with E-state index >= 15 is 0 Å². The molecule has 1 fully saturated rings. The average Bonchev–Trinajstić information content (AvgIpc) is 2.12. The highest BCUT2D eigenvalue weighted by Crippen LogP contribution is 2.14. The van der Waals surface area contributed by atoms with Crippen molar-refractivity contribution >= 4 is 5.97 Å². The monoisotopic (exact) mass is 143 g/mol. The Balaban J connectivity index is 2.43. The zero-order valence-electron chi connectivity index (χ0n) is 6.30. The first-order valence-corrected chi connectivity index (χ1v) is 3.66. The van der Waals surface area contributed by atoms with Crippen molar-refractivity contribution < 1.29 is 14.4 Å². The van der Waals surface area contributed by atoms with E-state index < -0.39 is 5.97 Å². The molecular weight excluding hydrogens is 130 g/mol. The second kappa shape index (κ2) is 2.58. The number of likely N-dealkylation sites (tertiary alicyclic amines) is 1. The number of carbonyl (C=O) groups excluding carboxylic acids is 1. The van der Waals surface area contributed by atoms with Gasteiger partial charge in [-0.1, -0.05) is 0 Å². The summed E-state index contributed by atoms with van der Waals surface area (Å²) < 4.78 is 0.669. The minimum Gasteiger partial charge on any atom is -0.544 e. The maximum Gasteiger partial charge on any atom is 0.119 e. The molecule has 1 rings (SSSR count). The van der Waals surface area contributed by atoms with Gasteiger partial charge in [-0.15, -0.1) is 0 Å². The predicted molar refractivity (Wildman–Crippen MR) is 35.0 cm³/mol. The molecule has 0 aromatic rings. The van der Waals surface area contributed by atoms with Crippen LogP contribution in [0, 0.1) is 0 Å². The predicted octanol–water partition coefficient (Wildman–Crippen LogP) is -1.02. The summed E-state index contributed by atoms with van der Waals surface area (Å²) in [6, 6.07) is 0. The summed E-state index contributed by atoms with van der Waals surface area (Å²) in [5.41, 5.74) is 0. The molecule has 1 aliphatic rings. The average molecular weight is 143 g/mol. The van der Waals surface area contributed by atoms with Crippen molar-refractivity contribution in [3.05, 3.63) is 0 Å². The van der Waals surface area contributed by atoms with Gasteiger partial charge in [0.25, 0.3) is 0 Å². The van der Waals surface area contributed by atoms with Gasteiger partial charge in [-0.05, 0) is 0 Å². The molecule has 1 heterocycles. The molecule has 10 heavy (non-hydrogen) atoms. The summed E-state index contributed by atoms with van der Waals surface area (Å²) in [4.78, 5) is 10.2. The number of aliphatic carboxylic acids is 1. The minimum absolute atomic E-state index is 0.181. The molecule has 1 aliphatic heterocycles. The molecule has 0 atom stereocenters. The van der Waals surface area contributed by atoms with Crippen LogP contribution >= 0.6 is 0 Å². The van der Waals surface area contributed by atoms with E-state index in [2.05, 4.69) is 0 Å². The van der Waals surface area contributed by atoms with Crippen LogP contribution < -0.4 is 5.11 Å². The van der Waals surface area contributed by atoms with E-state index in [1.54, 1.807) is 0 Å². The third-order valence-corrected chi connectivity index (χ3v) is 2.16. The van der Waals surface area contributed by atoms with Crippen LogP contribution in [0.1, 0.15) is 12.8 Å². The fourth-order valence-electron chi connectivity index (χ4n) is 1.57. The maximum atomic E-state index is 10.2. The van der Waals surface area contributed by atoms with Gasteiger partial charge in [0.2, 0.25) is 0 Å². The first-order chi connectivity index (χ1) is 4.62. The molecule has 3 heteroatoms. The summed E-state index contributed by atoms with van der Waals surface area (Å²) in [5, 5.41) is 10.2. The van der Waals surface area contributed by atoms with Gasteiger partial charge in [0.1, 0.15) is 6.54 Å². The third kappa shape index (κ3) is 1.70. The Hall–Kier alpha value is -0.570. The topological polar surface area (TPSA) is 40.1 Å². The van der Waals surface area contributed by atoms with Crippen molar-refractivity contribution in [1.29, 1.82) is 0 Å². The smallest absolute Gasteiger partial charge is 0.119 e. The van der Waals surface area contributed by atoms with Gasteiger partial charge in [-0.3, -0.25) is 0 Å². The third-order valence-electron chi connectivity index (χ3n) is 2.16. The van der Waals surface area contributed by atoms with E-state index in [0.717, 1.165) is 25.9 Å². The van der Waals surface area contributed by atoms with Crippen molar-refractivity contribution in [1.82, 2.24) is 0 Å². The molecule has 0 aromatic heterocycles. The largest absolute Gasteiger partial charge is 0.544 e. The lowest BCUT2D eigenvalue weighted by atomic mass is 10.4. The highest BCUT2D eigenvalue weighted by molar-refractivity contribution is 5.65. The van der Waals surface area contributed by atoms with Crippen LogP contribution in [-0.2, 0) is 4.79 Å². The van der Waals surface area contributed by atoms with Gasteiger partial charge in [-0.2, -0.15) is 0 Å². The molecule has 0 unspecified atom stereocenters. The van der Waals surface area contributed by atoms with Gasteiger partial charge in [0, 0.05) is 12.8 Å². The second-order valence-electron chi connectivity index (χ2n) is 3.30. The second-order valence-corrected chi connectivity index (χ2v) is 3.30. The number of hydrogen-bond donors (Lipinski definition) is 0. The standard InChI is InChI=1S/C7H13NO2/c1-8(6-7(9)10)4-2-3-5-8/h2-6H2,1H3. The van der Waals surface area contributed by atoms with E-state index in [1.807, 2.05) is 7.05 Å². The Labute approximate surface area is 60.8 Å². The Bertz CT molecular complexity index is 139. The SMILES string of the molecule is C[N+]1(CC(=O)[O-])CCCC1. The fourth-order valence-corrected chi connectivity index (χ4v) is 1.57. The number of carboxylic acid groups (broad SMARTS) is 1. The molecular formula is C7H13NO2. The lowest BCUT2D eigenvalue weighted by Gasteiger charge is -2.29. The summed E-state index contributed by atoms with van der Waals surface area (Å²) in [6.07, 6.45) is 2.31. The molecule has 58 valence electrons. The zero-order chi connectivity index (χ0) is 7.61. The highest BCUT2D eigenvalue weighted by atomic mass is 16.4. The Kier molecular flexibility index (Phi) is 1.94. The van der Waals surface area contributed by atoms with Crippen molar-refractivity contribution in [2.24, 2.45) is 0 Å². The van der Waals surface area contributed by atoms with E-state index in [9.17, 15) is 9.90 Å². The van der Waals surface area contributed by atoms with Crippen LogP contribution in [0.3, 0.4) is 0 Å². The van der Waals surface area contributed by atoms with Crippen molar-refractivity contribution in [2.75, 3.05) is 26.7 Å². The van der Waals surface area contributed by atoms with Crippen LogP contribution in [-0.4, -0.2) is 37.1 Å². The number of likely N-dealkylation sites (N-methyl/N-ethyl adjacent to an activating group) is 1. The number of quaternary nitrogens is 1. The summed E-state index contributed by atoms with van der Waals surface area (Å²) in [7, 11) is 1.98. The number of carboxylic acids is 1. The Morgan fingerprint density at radius 1 is 1.50 bits per heavy atom. The van der Waals surface area contributed by atoms with E-state index in [-0.39, 0.29) is 6.54 Å². The van der Waals surface area contributed by atoms with E-state index in [1.165, 1.54) is 0 Å². The van der Waals surface area contributed by atoms with Crippen molar-refractivity contribution in [2.45, 2.75) is 12.8 Å². The summed E-state index contributed by atoms with van der Waals surface area (Å²) >= 11 is 0. The van der Waals surface area contributed by atoms with Crippen LogP contribution in [0.15, 0.2) is 0 Å². The molecule has 0 spiro atoms. The van der Waals surface area contributed by atoms with Crippen molar-refractivity contribution in [3.63, 3.8) is 0 Å². The van der Waals surface area contributed by atoms with Gasteiger partial charge < -0.3 is 14.4 Å². The van der Waals surface area contributed by atoms with Gasteiger partial charge >= 0.3 is 0 Å². The van der Waals surface area contributed by atoms with Crippen molar-refractivity contribution in [3.8, 4) is 0 Å². The van der Waals surface area contributed by atoms with Crippen LogP contribution in [0.2, 0.25) is 0 Å². The molecule has 1 saturated heterocycles. The molecule has 0 amide bonds. The zero-order valence-corrected chi connectivity index (χ0v) is 6.30. The molecule has 0 bridgehead atoms. The maximum absolute atomic E-state index is 10.2. The Morgan fingerprint density at radius 3 is 2.40 bits per heavy atom. The summed E-state index contributed by atoms with van der Waals surface area (Å²) in [5.74, 6) is -0.926. The normalized spacial score (nSPS) is 22.9. The Morgan fingerprint density at radius 2 is 2.00 bits per heavy atom. The summed E-state index contributed by atoms with van der Waals surface area (Å²) in [6.45, 7) is 2.17. The van der Waals surface area contributed by atoms with Crippen LogP contribution in [0.25, 0.3) is 0 Å². The first kappa shape index (κ1) is 7.54. The molecule has 0 radical (unpaired) electrons. The van der Waals surface area contributed by atoms with Crippen LogP contribution in [0.5, 0.6) is 0 Å². The highest BCUT2D eigenvalue weighted by Gasteiger charge is 2.26. The van der Waals surface area contributed by atoms with Gasteiger partial charge in [0.15, 0.2) is 0 Å². The molecule has 0 aliphatic carbocycles. The number of carbonyl (C=O) groups is 1. The molecule has 0 N–H and O–H groups in total. The van der Waals surface area contributed by atoms with Gasteiger partial charge in [0.05, 0.1) is 26.1 Å². The molecule has 0 saturated carbocycles. The van der Waals surface area contributed by atoms with E-state index in [0.29, 0.717) is 4.48 Å².